The van der Waals surface area contributed by atoms with Gasteiger partial charge in [-0.3, -0.25) is 0 Å². The average molecular weight is 326 g/mol. The number of nitrogens with zero attached hydrogens (tertiary/aromatic N) is 3. The third kappa shape index (κ3) is 4.26. The number of amides is 1. The highest BCUT2D eigenvalue weighted by molar-refractivity contribution is 6.32. The summed E-state index contributed by atoms with van der Waals surface area (Å²) >= 11 is 6.18. The molecule has 0 radical (unpaired) electrons. The van der Waals surface area contributed by atoms with Gasteiger partial charge in [-0.2, -0.15) is 0 Å². The zero-order valence-corrected chi connectivity index (χ0v) is 14.4. The van der Waals surface area contributed by atoms with Crippen LogP contribution in [0.3, 0.4) is 0 Å². The standard InChI is InChI=1S/C16H24ClN3O2/c1-16(2,3)22-15(21)20-10-6-7-12(20)11-19(4)14-13(17)8-5-9-18-14/h5,8-9,12H,6-7,10-11H2,1-4H3/t12-/m1/s1. The van der Waals surface area contributed by atoms with E-state index < -0.39 is 5.60 Å². The van der Waals surface area contributed by atoms with Crippen molar-refractivity contribution in [1.82, 2.24) is 9.88 Å². The Bertz CT molecular complexity index is 530. The van der Waals surface area contributed by atoms with E-state index in [4.69, 9.17) is 16.3 Å². The van der Waals surface area contributed by atoms with Gasteiger partial charge in [-0.05, 0) is 45.7 Å². The summed E-state index contributed by atoms with van der Waals surface area (Å²) < 4.78 is 5.49. The number of pyridine rings is 1. The summed E-state index contributed by atoms with van der Waals surface area (Å²) in [6.45, 7) is 7.08. The number of carbonyl (C=O) groups is 1. The van der Waals surface area contributed by atoms with Crippen molar-refractivity contribution >= 4 is 23.5 Å². The van der Waals surface area contributed by atoms with E-state index in [2.05, 4.69) is 4.98 Å². The quantitative estimate of drug-likeness (QED) is 0.852. The molecule has 0 spiro atoms. The van der Waals surface area contributed by atoms with Crippen LogP contribution in [0.25, 0.3) is 0 Å². The summed E-state index contributed by atoms with van der Waals surface area (Å²) in [7, 11) is 1.94. The van der Waals surface area contributed by atoms with Crippen molar-refractivity contribution in [2.75, 3.05) is 25.0 Å². The molecule has 0 saturated carbocycles. The lowest BCUT2D eigenvalue weighted by Gasteiger charge is -2.31. The maximum absolute atomic E-state index is 12.3. The molecular formula is C16H24ClN3O2. The Morgan fingerprint density at radius 3 is 2.91 bits per heavy atom. The summed E-state index contributed by atoms with van der Waals surface area (Å²) in [6.07, 6.45) is 3.44. The van der Waals surface area contributed by atoms with Crippen molar-refractivity contribution in [2.24, 2.45) is 0 Å². The van der Waals surface area contributed by atoms with Gasteiger partial charge in [-0.15, -0.1) is 0 Å². The number of hydrogen-bond acceptors (Lipinski definition) is 4. The fourth-order valence-electron chi connectivity index (χ4n) is 2.65. The Morgan fingerprint density at radius 1 is 1.55 bits per heavy atom. The molecule has 122 valence electrons. The van der Waals surface area contributed by atoms with Gasteiger partial charge in [0.15, 0.2) is 0 Å². The van der Waals surface area contributed by atoms with Crippen LogP contribution in [0, 0.1) is 0 Å². The molecule has 1 saturated heterocycles. The number of likely N-dealkylation sites (tertiary alicyclic amines) is 1. The van der Waals surface area contributed by atoms with Crippen LogP contribution >= 0.6 is 11.6 Å². The Hall–Kier alpha value is -1.49. The van der Waals surface area contributed by atoms with Crippen LogP contribution < -0.4 is 4.90 Å². The fourth-order valence-corrected chi connectivity index (χ4v) is 2.91. The van der Waals surface area contributed by atoms with Crippen molar-refractivity contribution in [3.63, 3.8) is 0 Å². The minimum Gasteiger partial charge on any atom is -0.444 e. The predicted octanol–water partition coefficient (Wildman–Crippen LogP) is 3.57. The van der Waals surface area contributed by atoms with Crippen molar-refractivity contribution in [2.45, 2.75) is 45.3 Å². The topological polar surface area (TPSA) is 45.7 Å². The maximum Gasteiger partial charge on any atom is 0.410 e. The number of aromatic nitrogens is 1. The molecule has 0 aromatic carbocycles. The minimum absolute atomic E-state index is 0.123. The van der Waals surface area contributed by atoms with Crippen LogP contribution in [0.15, 0.2) is 18.3 Å². The Morgan fingerprint density at radius 2 is 2.27 bits per heavy atom. The monoisotopic (exact) mass is 325 g/mol. The molecule has 1 atom stereocenters. The van der Waals surface area contributed by atoms with Crippen LogP contribution in [-0.4, -0.2) is 47.8 Å². The molecule has 1 aliphatic rings. The van der Waals surface area contributed by atoms with Crippen molar-refractivity contribution in [1.29, 1.82) is 0 Å². The van der Waals surface area contributed by atoms with Gasteiger partial charge in [0, 0.05) is 26.3 Å². The summed E-state index contributed by atoms with van der Waals surface area (Å²) in [5.41, 5.74) is -0.472. The van der Waals surface area contributed by atoms with E-state index in [1.165, 1.54) is 0 Å². The van der Waals surface area contributed by atoms with Gasteiger partial charge in [-0.25, -0.2) is 9.78 Å². The smallest absolute Gasteiger partial charge is 0.410 e. The van der Waals surface area contributed by atoms with E-state index in [0.717, 1.165) is 25.2 Å². The van der Waals surface area contributed by atoms with E-state index in [0.29, 0.717) is 11.6 Å². The van der Waals surface area contributed by atoms with E-state index >= 15 is 0 Å². The molecule has 0 unspecified atom stereocenters. The van der Waals surface area contributed by atoms with Crippen LogP contribution in [0.2, 0.25) is 5.02 Å². The van der Waals surface area contributed by atoms with E-state index in [1.54, 1.807) is 6.20 Å². The number of hydrogen-bond donors (Lipinski definition) is 0. The normalized spacial score (nSPS) is 18.4. The highest BCUT2D eigenvalue weighted by Gasteiger charge is 2.33. The molecule has 1 fully saturated rings. The first kappa shape index (κ1) is 16.9. The first-order chi connectivity index (χ1) is 10.3. The molecule has 0 N–H and O–H groups in total. The van der Waals surface area contributed by atoms with Crippen molar-refractivity contribution in [3.8, 4) is 0 Å². The molecule has 0 aliphatic carbocycles. The molecular weight excluding hydrogens is 302 g/mol. The fraction of sp³-hybridized carbons (Fsp3) is 0.625. The summed E-state index contributed by atoms with van der Waals surface area (Å²) in [6, 6.07) is 3.75. The number of carbonyl (C=O) groups excluding carboxylic acids is 1. The van der Waals surface area contributed by atoms with Crippen LogP contribution in [0.5, 0.6) is 0 Å². The third-order valence-electron chi connectivity index (χ3n) is 3.59. The maximum atomic E-state index is 12.3. The molecule has 5 nitrogen and oxygen atoms in total. The summed E-state index contributed by atoms with van der Waals surface area (Å²) in [4.78, 5) is 20.4. The predicted molar refractivity (Wildman–Crippen MR) is 88.5 cm³/mol. The van der Waals surface area contributed by atoms with Gasteiger partial charge in [-0.1, -0.05) is 11.6 Å². The largest absolute Gasteiger partial charge is 0.444 e. The lowest BCUT2D eigenvalue weighted by Crippen LogP contribution is -2.44. The zero-order chi connectivity index (χ0) is 16.3. The number of anilines is 1. The first-order valence-corrected chi connectivity index (χ1v) is 7.97. The minimum atomic E-state index is -0.472. The Balaban J connectivity index is 2.02. The molecule has 6 heteroatoms. The first-order valence-electron chi connectivity index (χ1n) is 7.59. The van der Waals surface area contributed by atoms with Crippen LogP contribution in [0.4, 0.5) is 10.6 Å². The van der Waals surface area contributed by atoms with Crippen molar-refractivity contribution in [3.05, 3.63) is 23.4 Å². The second-order valence-corrected chi connectivity index (χ2v) is 7.07. The lowest BCUT2D eigenvalue weighted by molar-refractivity contribution is 0.0232. The van der Waals surface area contributed by atoms with E-state index in [1.807, 2.05) is 49.8 Å². The van der Waals surface area contributed by atoms with Gasteiger partial charge < -0.3 is 14.5 Å². The van der Waals surface area contributed by atoms with Crippen LogP contribution in [0.1, 0.15) is 33.6 Å². The van der Waals surface area contributed by atoms with E-state index in [-0.39, 0.29) is 12.1 Å². The molecule has 1 aliphatic heterocycles. The summed E-state index contributed by atoms with van der Waals surface area (Å²) in [5.74, 6) is 0.736. The Labute approximate surface area is 137 Å². The number of ether oxygens (including phenoxy) is 1. The van der Waals surface area contributed by atoms with Crippen molar-refractivity contribution < 1.29 is 9.53 Å². The highest BCUT2D eigenvalue weighted by Crippen LogP contribution is 2.25. The van der Waals surface area contributed by atoms with Crippen LogP contribution in [-0.2, 0) is 4.74 Å². The molecule has 22 heavy (non-hydrogen) atoms. The van der Waals surface area contributed by atoms with Gasteiger partial charge in [0.1, 0.15) is 11.4 Å². The highest BCUT2D eigenvalue weighted by atomic mass is 35.5. The molecule has 0 bridgehead atoms. The third-order valence-corrected chi connectivity index (χ3v) is 3.89. The molecule has 2 heterocycles. The molecule has 1 amide bonds. The van der Waals surface area contributed by atoms with Gasteiger partial charge in [0.05, 0.1) is 11.1 Å². The second-order valence-electron chi connectivity index (χ2n) is 6.66. The molecule has 1 aromatic heterocycles. The SMILES string of the molecule is CN(C[C@H]1CCCN1C(=O)OC(C)(C)C)c1ncccc1Cl. The number of halogens is 1. The zero-order valence-electron chi connectivity index (χ0n) is 13.7. The number of rotatable bonds is 3. The van der Waals surface area contributed by atoms with Gasteiger partial charge in [0.25, 0.3) is 0 Å². The van der Waals surface area contributed by atoms with E-state index in [9.17, 15) is 4.79 Å². The molecule has 2 rings (SSSR count). The van der Waals surface area contributed by atoms with Gasteiger partial charge >= 0.3 is 6.09 Å². The summed E-state index contributed by atoms with van der Waals surface area (Å²) in [5, 5.41) is 0.617. The lowest BCUT2D eigenvalue weighted by atomic mass is 10.2. The second kappa shape index (κ2) is 6.73. The molecule has 1 aromatic rings. The van der Waals surface area contributed by atoms with Gasteiger partial charge in [0.2, 0.25) is 0 Å². The average Bonchev–Trinajstić information content (AvgIpc) is 2.85. The Kier molecular flexibility index (Phi) is 5.16. The number of likely N-dealkylation sites (N-methyl/N-ethyl adjacent to an activating group) is 1.